The zero-order valence-corrected chi connectivity index (χ0v) is 17.2. The molecule has 0 saturated carbocycles. The lowest BCUT2D eigenvalue weighted by Gasteiger charge is -2.11. The number of benzene rings is 3. The van der Waals surface area contributed by atoms with Crippen LogP contribution >= 0.6 is 34.4 Å². The van der Waals surface area contributed by atoms with E-state index in [-0.39, 0.29) is 5.91 Å². The van der Waals surface area contributed by atoms with E-state index in [1.807, 2.05) is 54.6 Å². The van der Waals surface area contributed by atoms with Gasteiger partial charge in [-0.05, 0) is 77.2 Å². The van der Waals surface area contributed by atoms with Gasteiger partial charge in [0.05, 0.1) is 7.11 Å². The molecule has 26 heavy (non-hydrogen) atoms. The van der Waals surface area contributed by atoms with Crippen LogP contribution in [-0.2, 0) is 5.75 Å². The van der Waals surface area contributed by atoms with Crippen LogP contribution in [0.15, 0.2) is 77.7 Å². The second-order valence-corrected chi connectivity index (χ2v) is 7.88. The average molecular weight is 475 g/mol. The van der Waals surface area contributed by atoms with E-state index in [2.05, 4.69) is 40.0 Å². The normalized spacial score (nSPS) is 10.4. The average Bonchev–Trinajstić information content (AvgIpc) is 2.68. The van der Waals surface area contributed by atoms with Gasteiger partial charge in [0.25, 0.3) is 5.91 Å². The molecule has 1 amide bonds. The fraction of sp³-hybridized carbons (Fsp3) is 0.0952. The number of anilines is 1. The van der Waals surface area contributed by atoms with Crippen molar-refractivity contribution in [3.63, 3.8) is 0 Å². The Bertz CT molecular complexity index is 882. The fourth-order valence-corrected chi connectivity index (χ4v) is 3.70. The highest BCUT2D eigenvalue weighted by Crippen LogP contribution is 2.29. The van der Waals surface area contributed by atoms with E-state index in [0.29, 0.717) is 5.56 Å². The number of nitrogens with one attached hydrogen (secondary N) is 1. The number of carbonyl (C=O) groups is 1. The standard InChI is InChI=1S/C21H18INO2S/c1-25-20-12-7-15(21(24)23-18-10-8-17(22)9-11-18)13-16(20)14-26-19-5-3-2-4-6-19/h2-13H,14H2,1H3,(H,23,24). The van der Waals surface area contributed by atoms with Crippen molar-refractivity contribution in [2.24, 2.45) is 0 Å². The molecule has 0 aliphatic heterocycles. The van der Waals surface area contributed by atoms with Gasteiger partial charge in [0.2, 0.25) is 0 Å². The predicted molar refractivity (Wildman–Crippen MR) is 116 cm³/mol. The molecule has 0 bridgehead atoms. The Morgan fingerprint density at radius 3 is 2.46 bits per heavy atom. The van der Waals surface area contributed by atoms with Crippen LogP contribution in [0.1, 0.15) is 15.9 Å². The Hall–Kier alpha value is -1.99. The predicted octanol–water partition coefficient (Wildman–Crippen LogP) is 5.84. The number of hydrogen-bond donors (Lipinski definition) is 1. The van der Waals surface area contributed by atoms with Gasteiger partial charge in [0, 0.05) is 31.0 Å². The molecule has 5 heteroatoms. The molecule has 0 radical (unpaired) electrons. The minimum Gasteiger partial charge on any atom is -0.496 e. The Labute approximate surface area is 171 Å². The van der Waals surface area contributed by atoms with Crippen LogP contribution in [0, 0.1) is 3.57 Å². The largest absolute Gasteiger partial charge is 0.496 e. The number of methoxy groups -OCH3 is 1. The molecule has 0 heterocycles. The summed E-state index contributed by atoms with van der Waals surface area (Å²) in [6.45, 7) is 0. The molecule has 0 aliphatic carbocycles. The van der Waals surface area contributed by atoms with E-state index in [1.54, 1.807) is 24.9 Å². The lowest BCUT2D eigenvalue weighted by Crippen LogP contribution is -2.12. The Kier molecular flexibility index (Phi) is 6.57. The van der Waals surface area contributed by atoms with Crippen molar-refractivity contribution >= 4 is 45.9 Å². The summed E-state index contributed by atoms with van der Waals surface area (Å²) in [6.07, 6.45) is 0. The van der Waals surface area contributed by atoms with Gasteiger partial charge in [-0.15, -0.1) is 11.8 Å². The summed E-state index contributed by atoms with van der Waals surface area (Å²) in [5, 5.41) is 2.93. The monoisotopic (exact) mass is 475 g/mol. The summed E-state index contributed by atoms with van der Waals surface area (Å²) >= 11 is 3.96. The summed E-state index contributed by atoms with van der Waals surface area (Å²) in [5.74, 6) is 1.40. The third-order valence-corrected chi connectivity index (χ3v) is 5.56. The molecule has 0 saturated heterocycles. The van der Waals surface area contributed by atoms with E-state index in [4.69, 9.17) is 4.74 Å². The lowest BCUT2D eigenvalue weighted by molar-refractivity contribution is 0.102. The van der Waals surface area contributed by atoms with Crippen molar-refractivity contribution in [1.29, 1.82) is 0 Å². The molecule has 0 atom stereocenters. The van der Waals surface area contributed by atoms with Crippen molar-refractivity contribution in [3.05, 3.63) is 87.5 Å². The van der Waals surface area contributed by atoms with Gasteiger partial charge in [0.1, 0.15) is 5.75 Å². The lowest BCUT2D eigenvalue weighted by atomic mass is 10.1. The Balaban J connectivity index is 1.75. The van der Waals surface area contributed by atoms with Crippen LogP contribution in [0.2, 0.25) is 0 Å². The molecule has 0 aliphatic rings. The molecule has 1 N–H and O–H groups in total. The van der Waals surface area contributed by atoms with Crippen molar-refractivity contribution in [3.8, 4) is 5.75 Å². The third-order valence-electron chi connectivity index (χ3n) is 3.78. The number of halogens is 1. The van der Waals surface area contributed by atoms with E-state index in [0.717, 1.165) is 26.3 Å². The first-order valence-electron chi connectivity index (χ1n) is 8.07. The molecule has 0 aromatic heterocycles. The van der Waals surface area contributed by atoms with Gasteiger partial charge >= 0.3 is 0 Å². The molecule has 3 aromatic carbocycles. The zero-order chi connectivity index (χ0) is 18.4. The van der Waals surface area contributed by atoms with Gasteiger partial charge < -0.3 is 10.1 Å². The van der Waals surface area contributed by atoms with Gasteiger partial charge in [-0.25, -0.2) is 0 Å². The summed E-state index contributed by atoms with van der Waals surface area (Å²) in [6, 6.07) is 23.4. The highest BCUT2D eigenvalue weighted by Gasteiger charge is 2.11. The molecule has 3 aromatic rings. The summed E-state index contributed by atoms with van der Waals surface area (Å²) < 4.78 is 6.58. The highest BCUT2D eigenvalue weighted by atomic mass is 127. The van der Waals surface area contributed by atoms with Crippen LogP contribution in [0.4, 0.5) is 5.69 Å². The van der Waals surface area contributed by atoms with Crippen LogP contribution in [-0.4, -0.2) is 13.0 Å². The van der Waals surface area contributed by atoms with E-state index in [1.165, 1.54) is 4.90 Å². The first-order chi connectivity index (χ1) is 12.7. The molecule has 132 valence electrons. The molecule has 3 rings (SSSR count). The second kappa shape index (κ2) is 9.09. The SMILES string of the molecule is COc1ccc(C(=O)Nc2ccc(I)cc2)cc1CSc1ccccc1. The van der Waals surface area contributed by atoms with Crippen molar-refractivity contribution < 1.29 is 9.53 Å². The summed E-state index contributed by atoms with van der Waals surface area (Å²) in [4.78, 5) is 13.7. The topological polar surface area (TPSA) is 38.3 Å². The smallest absolute Gasteiger partial charge is 0.255 e. The maximum Gasteiger partial charge on any atom is 0.255 e. The minimum atomic E-state index is -0.125. The summed E-state index contributed by atoms with van der Waals surface area (Å²) in [5.41, 5.74) is 2.40. The van der Waals surface area contributed by atoms with Crippen molar-refractivity contribution in [2.75, 3.05) is 12.4 Å². The Morgan fingerprint density at radius 1 is 1.04 bits per heavy atom. The maximum atomic E-state index is 12.6. The number of ether oxygens (including phenoxy) is 1. The van der Waals surface area contributed by atoms with Crippen LogP contribution < -0.4 is 10.1 Å². The van der Waals surface area contributed by atoms with Gasteiger partial charge in [-0.1, -0.05) is 18.2 Å². The second-order valence-electron chi connectivity index (χ2n) is 5.59. The number of thioether (sulfide) groups is 1. The van der Waals surface area contributed by atoms with Crippen LogP contribution in [0.25, 0.3) is 0 Å². The maximum absolute atomic E-state index is 12.6. The molecular weight excluding hydrogens is 457 g/mol. The number of amides is 1. The van der Waals surface area contributed by atoms with Gasteiger partial charge in [0.15, 0.2) is 0 Å². The van der Waals surface area contributed by atoms with Crippen LogP contribution in [0.3, 0.4) is 0 Å². The molecule has 3 nitrogen and oxygen atoms in total. The molecule has 0 fully saturated rings. The molecular formula is C21H18INO2S. The minimum absolute atomic E-state index is 0.125. The highest BCUT2D eigenvalue weighted by molar-refractivity contribution is 14.1. The van der Waals surface area contributed by atoms with Gasteiger partial charge in [-0.2, -0.15) is 0 Å². The first kappa shape index (κ1) is 18.8. The number of hydrogen-bond acceptors (Lipinski definition) is 3. The molecule has 0 unspecified atom stereocenters. The fourth-order valence-electron chi connectivity index (χ4n) is 2.45. The number of rotatable bonds is 6. The van der Waals surface area contributed by atoms with Gasteiger partial charge in [-0.3, -0.25) is 4.79 Å². The van der Waals surface area contributed by atoms with Crippen LogP contribution in [0.5, 0.6) is 5.75 Å². The number of carbonyl (C=O) groups excluding carboxylic acids is 1. The third kappa shape index (κ3) is 5.02. The van der Waals surface area contributed by atoms with Crippen molar-refractivity contribution in [1.82, 2.24) is 0 Å². The molecule has 0 spiro atoms. The van der Waals surface area contributed by atoms with E-state index in [9.17, 15) is 4.79 Å². The van der Waals surface area contributed by atoms with E-state index >= 15 is 0 Å². The first-order valence-corrected chi connectivity index (χ1v) is 10.1. The van der Waals surface area contributed by atoms with Crippen molar-refractivity contribution in [2.45, 2.75) is 10.6 Å². The van der Waals surface area contributed by atoms with E-state index < -0.39 is 0 Å². The Morgan fingerprint density at radius 2 is 1.77 bits per heavy atom. The summed E-state index contributed by atoms with van der Waals surface area (Å²) in [7, 11) is 1.65. The zero-order valence-electron chi connectivity index (χ0n) is 14.2. The quantitative estimate of drug-likeness (QED) is 0.360.